The summed E-state index contributed by atoms with van der Waals surface area (Å²) in [6.45, 7) is 2.01. The molecule has 6 aromatic carbocycles. The van der Waals surface area contributed by atoms with Crippen molar-refractivity contribution in [3.8, 4) is 61.7 Å². The zero-order valence-electron chi connectivity index (χ0n) is 30.4. The molecular weight excluding hydrogens is 865 g/mol. The first-order valence-corrected chi connectivity index (χ1v) is 18.2. The molecule has 1 radical (unpaired) electrons. The quantitative estimate of drug-likeness (QED) is 0.156. The van der Waals surface area contributed by atoms with Crippen molar-refractivity contribution in [2.75, 3.05) is 0 Å². The molecule has 0 saturated heterocycles. The van der Waals surface area contributed by atoms with Gasteiger partial charge < -0.3 is 14.0 Å². The Balaban J connectivity index is 0.000000290. The maximum Gasteiger partial charge on any atom is 0.0774 e. The van der Waals surface area contributed by atoms with Gasteiger partial charge in [-0.05, 0) is 65.2 Å². The summed E-state index contributed by atoms with van der Waals surface area (Å²) >= 11 is 0. The number of pyridine rings is 2. The van der Waals surface area contributed by atoms with Gasteiger partial charge >= 0.3 is 0 Å². The van der Waals surface area contributed by atoms with E-state index in [1.165, 1.54) is 0 Å². The molecule has 0 aliphatic heterocycles. The Morgan fingerprint density at radius 1 is 0.571 bits per heavy atom. The van der Waals surface area contributed by atoms with Crippen molar-refractivity contribution in [2.24, 2.45) is 0 Å². The Hall–Kier alpha value is -6.72. The Bertz CT molecular complexity index is 2770. The summed E-state index contributed by atoms with van der Waals surface area (Å²) in [5.74, 6) is 0.781. The molecule has 56 heavy (non-hydrogen) atoms. The van der Waals surface area contributed by atoms with Crippen molar-refractivity contribution < 1.29 is 24.5 Å². The Labute approximate surface area is 339 Å². The number of para-hydroxylation sites is 3. The Morgan fingerprint density at radius 3 is 1.96 bits per heavy atom. The summed E-state index contributed by atoms with van der Waals surface area (Å²) < 4.78 is 8.33. The van der Waals surface area contributed by atoms with E-state index in [1.807, 2.05) is 73.8 Å². The first kappa shape index (κ1) is 36.3. The molecule has 0 saturated carbocycles. The maximum absolute atomic E-state index is 6.04. The van der Waals surface area contributed by atoms with Crippen molar-refractivity contribution in [1.29, 1.82) is 0 Å². The summed E-state index contributed by atoms with van der Waals surface area (Å²) in [4.78, 5) is 13.8. The number of hydrogen-bond donors (Lipinski definition) is 0. The summed E-state index contributed by atoms with van der Waals surface area (Å²) in [5, 5.41) is 0.960. The van der Waals surface area contributed by atoms with Gasteiger partial charge in [0.1, 0.15) is 0 Å². The van der Waals surface area contributed by atoms with Crippen molar-refractivity contribution in [1.82, 2.24) is 19.5 Å². The Kier molecular flexibility index (Phi) is 10.6. The van der Waals surface area contributed by atoms with Crippen LogP contribution in [-0.4, -0.2) is 19.5 Å². The number of benzene rings is 6. The minimum atomic E-state index is 0. The summed E-state index contributed by atoms with van der Waals surface area (Å²) in [6.07, 6.45) is 6.88. The maximum atomic E-state index is 6.04. The summed E-state index contributed by atoms with van der Waals surface area (Å²) in [5.41, 5.74) is 14.3. The van der Waals surface area contributed by atoms with E-state index >= 15 is 0 Å². The monoisotopic (exact) mass is 899 g/mol. The number of imidazole rings is 1. The van der Waals surface area contributed by atoms with Crippen LogP contribution in [0, 0.1) is 19.3 Å². The fourth-order valence-corrected chi connectivity index (χ4v) is 7.03. The fraction of sp³-hybridized carbons (Fsp3) is 0.0200. The molecular formula is C50H34IrN4O-2. The van der Waals surface area contributed by atoms with Crippen LogP contribution in [0.1, 0.15) is 5.69 Å². The average Bonchev–Trinajstić information content (AvgIpc) is 3.86. The average molecular weight is 899 g/mol. The van der Waals surface area contributed by atoms with E-state index in [9.17, 15) is 0 Å². The van der Waals surface area contributed by atoms with E-state index in [-0.39, 0.29) is 20.1 Å². The third kappa shape index (κ3) is 7.24. The van der Waals surface area contributed by atoms with E-state index in [4.69, 9.17) is 9.40 Å². The van der Waals surface area contributed by atoms with Gasteiger partial charge in [-0.1, -0.05) is 132 Å². The van der Waals surface area contributed by atoms with Gasteiger partial charge in [0.25, 0.3) is 0 Å². The van der Waals surface area contributed by atoms with Crippen LogP contribution < -0.4 is 0 Å². The Morgan fingerprint density at radius 2 is 1.27 bits per heavy atom. The van der Waals surface area contributed by atoms with Crippen LogP contribution in [0.4, 0.5) is 0 Å². The predicted molar refractivity (Wildman–Crippen MR) is 222 cm³/mol. The van der Waals surface area contributed by atoms with Crippen LogP contribution >= 0.6 is 0 Å². The molecule has 0 aliphatic carbocycles. The molecule has 10 rings (SSSR count). The molecule has 4 heterocycles. The molecule has 4 aromatic heterocycles. The second kappa shape index (κ2) is 16.3. The molecule has 0 fully saturated rings. The zero-order valence-corrected chi connectivity index (χ0v) is 32.8. The van der Waals surface area contributed by atoms with Gasteiger partial charge in [0.2, 0.25) is 0 Å². The van der Waals surface area contributed by atoms with E-state index < -0.39 is 0 Å². The van der Waals surface area contributed by atoms with Crippen molar-refractivity contribution in [3.63, 3.8) is 0 Å². The minimum absolute atomic E-state index is 0. The molecule has 0 aliphatic rings. The van der Waals surface area contributed by atoms with Crippen LogP contribution in [0.25, 0.3) is 83.7 Å². The standard InChI is InChI=1S/C39H26N3O.C11H8N.Ir/c1-26-23-30(21-22-40-26)29-19-20-37-33(24-29)34(25-43-37)39-41-35-17-8-9-18-36(35)42(39)38-31(27-11-4-2-5-12-27)15-10-16-32(38)28-13-6-3-7-14-28;1-2-6-10(7-3-1)11-8-4-5-9-12-11;/h2-24H,1H3;1-6,8-9H;/q2*-1;. The molecule has 0 atom stereocenters. The van der Waals surface area contributed by atoms with Crippen LogP contribution in [-0.2, 0) is 20.1 Å². The van der Waals surface area contributed by atoms with Gasteiger partial charge in [0, 0.05) is 61.2 Å². The smallest absolute Gasteiger partial charge is 0.0774 e. The van der Waals surface area contributed by atoms with Crippen LogP contribution in [0.15, 0.2) is 193 Å². The SMILES string of the molecule is Cc1cc(-c2ccc3o[c-]c(-c4nc5ccccc5n4-c4c(-c5ccccc5)cccc4-c4ccccc4)c3c2)ccn1.[Ir].[c-]1ccccc1-c1ccccn1. The minimum Gasteiger partial charge on any atom is -0.557 e. The molecule has 0 bridgehead atoms. The molecule has 271 valence electrons. The van der Waals surface area contributed by atoms with Crippen LogP contribution in [0.3, 0.4) is 0 Å². The third-order valence-electron chi connectivity index (χ3n) is 9.61. The van der Waals surface area contributed by atoms with Gasteiger partial charge in [-0.15, -0.1) is 35.9 Å². The van der Waals surface area contributed by atoms with Crippen LogP contribution in [0.5, 0.6) is 0 Å². The second-order valence-corrected chi connectivity index (χ2v) is 13.2. The van der Waals surface area contributed by atoms with Crippen molar-refractivity contribution in [3.05, 3.63) is 206 Å². The predicted octanol–water partition coefficient (Wildman–Crippen LogP) is 12.5. The zero-order chi connectivity index (χ0) is 37.0. The summed E-state index contributed by atoms with van der Waals surface area (Å²) in [6, 6.07) is 63.1. The molecule has 0 spiro atoms. The van der Waals surface area contributed by atoms with E-state index in [0.29, 0.717) is 0 Å². The summed E-state index contributed by atoms with van der Waals surface area (Å²) in [7, 11) is 0. The van der Waals surface area contributed by atoms with Crippen molar-refractivity contribution >= 4 is 22.0 Å². The number of nitrogens with zero attached hydrogens (tertiary/aromatic N) is 4. The molecule has 0 unspecified atom stereocenters. The van der Waals surface area contributed by atoms with E-state index in [0.717, 1.165) is 89.4 Å². The molecule has 5 nitrogen and oxygen atoms in total. The fourth-order valence-electron chi connectivity index (χ4n) is 7.03. The number of aromatic nitrogens is 4. The number of rotatable bonds is 6. The number of aryl methyl sites for hydroxylation is 1. The topological polar surface area (TPSA) is 56.7 Å². The second-order valence-electron chi connectivity index (χ2n) is 13.2. The van der Waals surface area contributed by atoms with Gasteiger partial charge in [-0.25, -0.2) is 0 Å². The normalized spacial score (nSPS) is 10.8. The first-order chi connectivity index (χ1) is 27.2. The van der Waals surface area contributed by atoms with Gasteiger partial charge in [-0.3, -0.25) is 9.97 Å². The largest absolute Gasteiger partial charge is 0.557 e. The number of furan rings is 1. The van der Waals surface area contributed by atoms with Crippen molar-refractivity contribution in [2.45, 2.75) is 6.92 Å². The van der Waals surface area contributed by atoms with Crippen LogP contribution in [0.2, 0.25) is 0 Å². The first-order valence-electron chi connectivity index (χ1n) is 18.2. The van der Waals surface area contributed by atoms with E-state index in [1.54, 1.807) is 6.20 Å². The molecule has 0 N–H and O–H groups in total. The van der Waals surface area contributed by atoms with E-state index in [2.05, 4.69) is 142 Å². The van der Waals surface area contributed by atoms with Gasteiger partial charge in [0.15, 0.2) is 0 Å². The van der Waals surface area contributed by atoms with Gasteiger partial charge in [0.05, 0.1) is 22.5 Å². The molecule has 10 aromatic rings. The molecule has 0 amide bonds. The van der Waals surface area contributed by atoms with Gasteiger partial charge in [-0.2, -0.15) is 0 Å². The number of hydrogen-bond acceptors (Lipinski definition) is 4. The number of fused-ring (bicyclic) bond motifs is 2. The molecule has 6 heteroatoms. The third-order valence-corrected chi connectivity index (χ3v) is 9.61.